The third-order valence-electron chi connectivity index (χ3n) is 4.00. The number of benzene rings is 1. The van der Waals surface area contributed by atoms with Crippen molar-refractivity contribution in [1.29, 1.82) is 0 Å². The quantitative estimate of drug-likeness (QED) is 0.785. The highest BCUT2D eigenvalue weighted by Gasteiger charge is 2.14. The van der Waals surface area contributed by atoms with E-state index < -0.39 is 0 Å². The first-order chi connectivity index (χ1) is 11.6. The van der Waals surface area contributed by atoms with E-state index in [-0.39, 0.29) is 5.91 Å². The van der Waals surface area contributed by atoms with Crippen LogP contribution in [-0.2, 0) is 13.1 Å². The summed E-state index contributed by atoms with van der Waals surface area (Å²) in [6, 6.07) is 8.20. The zero-order chi connectivity index (χ0) is 17.1. The van der Waals surface area contributed by atoms with E-state index in [1.165, 1.54) is 11.1 Å². The number of hydrogen-bond donors (Lipinski definition) is 1. The lowest BCUT2D eigenvalue weighted by atomic mass is 10.1. The first-order valence-electron chi connectivity index (χ1n) is 7.99. The lowest BCUT2D eigenvalue weighted by molar-refractivity contribution is 0.102. The Morgan fingerprint density at radius 1 is 1.17 bits per heavy atom. The van der Waals surface area contributed by atoms with E-state index in [0.29, 0.717) is 17.8 Å². The minimum atomic E-state index is -0.164. The van der Waals surface area contributed by atoms with Crippen molar-refractivity contribution in [3.05, 3.63) is 65.2 Å². The molecule has 0 atom stereocenters. The summed E-state index contributed by atoms with van der Waals surface area (Å²) in [6.07, 6.45) is 5.27. The molecule has 0 spiro atoms. The highest BCUT2D eigenvalue weighted by Crippen LogP contribution is 2.13. The van der Waals surface area contributed by atoms with E-state index in [9.17, 15) is 4.79 Å². The van der Waals surface area contributed by atoms with E-state index in [1.54, 1.807) is 17.1 Å². The molecular formula is C18H21N5O. The topological polar surface area (TPSA) is 64.7 Å². The Balaban J connectivity index is 1.70. The molecule has 3 aromatic rings. The van der Waals surface area contributed by atoms with Crippen LogP contribution < -0.4 is 5.32 Å². The fourth-order valence-corrected chi connectivity index (χ4v) is 2.58. The number of amides is 1. The molecule has 24 heavy (non-hydrogen) atoms. The van der Waals surface area contributed by atoms with Crippen molar-refractivity contribution in [1.82, 2.24) is 19.6 Å². The second-order valence-corrected chi connectivity index (χ2v) is 5.79. The lowest BCUT2D eigenvalue weighted by Gasteiger charge is -2.05. The molecule has 1 N–H and O–H groups in total. The van der Waals surface area contributed by atoms with Crippen LogP contribution in [0.5, 0.6) is 0 Å². The van der Waals surface area contributed by atoms with Gasteiger partial charge in [0.25, 0.3) is 5.91 Å². The van der Waals surface area contributed by atoms with Crippen molar-refractivity contribution >= 4 is 11.6 Å². The fourth-order valence-electron chi connectivity index (χ4n) is 2.58. The molecule has 0 bridgehead atoms. The summed E-state index contributed by atoms with van der Waals surface area (Å²) in [5.74, 6) is -0.164. The maximum absolute atomic E-state index is 12.4. The van der Waals surface area contributed by atoms with Crippen molar-refractivity contribution in [2.75, 3.05) is 5.32 Å². The lowest BCUT2D eigenvalue weighted by Crippen LogP contribution is -2.12. The Labute approximate surface area is 141 Å². The predicted octanol–water partition coefficient (Wildman–Crippen LogP) is 3.02. The molecule has 0 saturated heterocycles. The number of hydrogen-bond acceptors (Lipinski definition) is 3. The second kappa shape index (κ2) is 6.70. The average molecular weight is 323 g/mol. The van der Waals surface area contributed by atoms with Gasteiger partial charge < -0.3 is 5.32 Å². The van der Waals surface area contributed by atoms with Crippen molar-refractivity contribution < 1.29 is 4.79 Å². The number of aryl methyl sites for hydroxylation is 3. The number of rotatable bonds is 5. The monoisotopic (exact) mass is 323 g/mol. The van der Waals surface area contributed by atoms with E-state index in [2.05, 4.69) is 34.6 Å². The van der Waals surface area contributed by atoms with Gasteiger partial charge >= 0.3 is 0 Å². The van der Waals surface area contributed by atoms with E-state index in [4.69, 9.17) is 0 Å². The minimum Gasteiger partial charge on any atom is -0.319 e. The molecule has 2 heterocycles. The zero-order valence-corrected chi connectivity index (χ0v) is 14.2. The SMILES string of the molecule is CCn1cc(C(=O)Nc2cnn(Cc3ccccc3C)c2)c(C)n1. The number of carbonyl (C=O) groups is 1. The number of carbonyl (C=O) groups excluding carboxylic acids is 1. The molecule has 2 aromatic heterocycles. The molecular weight excluding hydrogens is 302 g/mol. The Bertz CT molecular complexity index is 862. The smallest absolute Gasteiger partial charge is 0.259 e. The van der Waals surface area contributed by atoms with Gasteiger partial charge in [0, 0.05) is 18.9 Å². The van der Waals surface area contributed by atoms with Gasteiger partial charge in [-0.1, -0.05) is 24.3 Å². The van der Waals surface area contributed by atoms with E-state index >= 15 is 0 Å². The standard InChI is InChI=1S/C18H21N5O/c1-4-22-12-17(14(3)21-22)18(24)20-16-9-19-23(11-16)10-15-8-6-5-7-13(15)2/h5-9,11-12H,4,10H2,1-3H3,(H,20,24). The number of nitrogens with zero attached hydrogens (tertiary/aromatic N) is 4. The van der Waals surface area contributed by atoms with Crippen LogP contribution in [0.2, 0.25) is 0 Å². The van der Waals surface area contributed by atoms with Crippen LogP contribution in [0.4, 0.5) is 5.69 Å². The molecule has 6 heteroatoms. The molecule has 124 valence electrons. The number of anilines is 1. The van der Waals surface area contributed by atoms with E-state index in [1.807, 2.05) is 36.9 Å². The molecule has 1 amide bonds. The van der Waals surface area contributed by atoms with Gasteiger partial charge in [0.1, 0.15) is 0 Å². The summed E-state index contributed by atoms with van der Waals surface area (Å²) in [4.78, 5) is 12.4. The first kappa shape index (κ1) is 16.0. The van der Waals surface area contributed by atoms with Crippen LogP contribution >= 0.6 is 0 Å². The average Bonchev–Trinajstić information content (AvgIpc) is 3.16. The Morgan fingerprint density at radius 3 is 2.67 bits per heavy atom. The largest absolute Gasteiger partial charge is 0.319 e. The molecule has 0 saturated carbocycles. The van der Waals surface area contributed by atoms with Gasteiger partial charge in [-0.25, -0.2) is 0 Å². The van der Waals surface area contributed by atoms with Crippen LogP contribution in [0.1, 0.15) is 34.1 Å². The van der Waals surface area contributed by atoms with Crippen LogP contribution in [0.3, 0.4) is 0 Å². The molecule has 0 radical (unpaired) electrons. The van der Waals surface area contributed by atoms with Crippen LogP contribution in [0.15, 0.2) is 42.9 Å². The van der Waals surface area contributed by atoms with Crippen molar-refractivity contribution in [3.8, 4) is 0 Å². The van der Waals surface area contributed by atoms with Crippen LogP contribution in [0.25, 0.3) is 0 Å². The number of aromatic nitrogens is 4. The maximum atomic E-state index is 12.4. The summed E-state index contributed by atoms with van der Waals surface area (Å²) >= 11 is 0. The Kier molecular flexibility index (Phi) is 4.46. The number of nitrogens with one attached hydrogen (secondary N) is 1. The van der Waals surface area contributed by atoms with Crippen LogP contribution in [-0.4, -0.2) is 25.5 Å². The molecule has 0 unspecified atom stereocenters. The van der Waals surface area contributed by atoms with Gasteiger partial charge in [0.2, 0.25) is 0 Å². The molecule has 0 fully saturated rings. The van der Waals surface area contributed by atoms with Gasteiger partial charge in [0.15, 0.2) is 0 Å². The molecule has 0 aliphatic heterocycles. The van der Waals surface area contributed by atoms with Gasteiger partial charge in [-0.15, -0.1) is 0 Å². The molecule has 0 aliphatic carbocycles. The van der Waals surface area contributed by atoms with Gasteiger partial charge in [-0.3, -0.25) is 14.2 Å². The Morgan fingerprint density at radius 2 is 1.96 bits per heavy atom. The first-order valence-corrected chi connectivity index (χ1v) is 7.99. The molecule has 1 aromatic carbocycles. The highest BCUT2D eigenvalue weighted by molar-refractivity contribution is 6.04. The third kappa shape index (κ3) is 3.37. The van der Waals surface area contributed by atoms with Gasteiger partial charge in [-0.05, 0) is 31.9 Å². The van der Waals surface area contributed by atoms with Crippen LogP contribution in [0, 0.1) is 13.8 Å². The fraction of sp³-hybridized carbons (Fsp3) is 0.278. The molecule has 0 aliphatic rings. The Hall–Kier alpha value is -2.89. The van der Waals surface area contributed by atoms with Gasteiger partial charge in [0.05, 0.1) is 29.7 Å². The third-order valence-corrected chi connectivity index (χ3v) is 4.00. The van der Waals surface area contributed by atoms with Gasteiger partial charge in [-0.2, -0.15) is 10.2 Å². The summed E-state index contributed by atoms with van der Waals surface area (Å²) < 4.78 is 3.58. The zero-order valence-electron chi connectivity index (χ0n) is 14.2. The normalized spacial score (nSPS) is 10.8. The molecule has 3 rings (SSSR count). The summed E-state index contributed by atoms with van der Waals surface area (Å²) in [5.41, 5.74) is 4.42. The molecule has 6 nitrogen and oxygen atoms in total. The summed E-state index contributed by atoms with van der Waals surface area (Å²) in [7, 11) is 0. The van der Waals surface area contributed by atoms with Crippen molar-refractivity contribution in [2.24, 2.45) is 0 Å². The summed E-state index contributed by atoms with van der Waals surface area (Å²) in [6.45, 7) is 7.32. The van der Waals surface area contributed by atoms with Crippen molar-refractivity contribution in [2.45, 2.75) is 33.9 Å². The second-order valence-electron chi connectivity index (χ2n) is 5.79. The summed E-state index contributed by atoms with van der Waals surface area (Å²) in [5, 5.41) is 11.5. The maximum Gasteiger partial charge on any atom is 0.259 e. The predicted molar refractivity (Wildman–Crippen MR) is 93.1 cm³/mol. The minimum absolute atomic E-state index is 0.164. The van der Waals surface area contributed by atoms with Crippen molar-refractivity contribution in [3.63, 3.8) is 0 Å². The highest BCUT2D eigenvalue weighted by atomic mass is 16.1. The van der Waals surface area contributed by atoms with E-state index in [0.717, 1.165) is 12.2 Å².